The van der Waals surface area contributed by atoms with Gasteiger partial charge in [-0.2, -0.15) is 23.4 Å². The summed E-state index contributed by atoms with van der Waals surface area (Å²) < 4.78 is 42.1. The summed E-state index contributed by atoms with van der Waals surface area (Å²) in [5.41, 5.74) is -0.792. The molecule has 2 spiro atoms. The molecule has 2 saturated heterocycles. The summed E-state index contributed by atoms with van der Waals surface area (Å²) in [6, 6.07) is 1.50. The van der Waals surface area contributed by atoms with E-state index in [1.54, 1.807) is 13.3 Å². The Balaban J connectivity index is 0.853. The van der Waals surface area contributed by atoms with Crippen molar-refractivity contribution in [2.45, 2.75) is 69.8 Å². The highest BCUT2D eigenvalue weighted by Gasteiger charge is 2.59. The number of amides is 2. The molecule has 0 bridgehead atoms. The Hall–Kier alpha value is -2.63. The fourth-order valence-corrected chi connectivity index (χ4v) is 7.02. The summed E-state index contributed by atoms with van der Waals surface area (Å²) in [5, 5.41) is 18.4. The Morgan fingerprint density at radius 2 is 1.67 bits per heavy atom. The minimum absolute atomic E-state index is 0.106. The molecule has 1 N–H and O–H groups in total. The fraction of sp³-hybridized carbons (Fsp3) is 0.750. The zero-order valence-corrected chi connectivity index (χ0v) is 20.2. The number of hydrogen-bond acceptors (Lipinski definition) is 5. The second-order valence-corrected chi connectivity index (χ2v) is 12.3. The molecule has 4 heterocycles. The third-order valence-corrected chi connectivity index (χ3v) is 9.15. The van der Waals surface area contributed by atoms with Crippen molar-refractivity contribution in [2.24, 2.45) is 16.7 Å². The first-order valence-corrected chi connectivity index (χ1v) is 12.7. The molecule has 12 heteroatoms. The third kappa shape index (κ3) is 3.47. The average molecular weight is 506 g/mol. The van der Waals surface area contributed by atoms with Gasteiger partial charge in [0.15, 0.2) is 11.5 Å². The Morgan fingerprint density at radius 1 is 1.06 bits per heavy atom. The van der Waals surface area contributed by atoms with E-state index in [2.05, 4.69) is 15.2 Å². The molecule has 2 aromatic rings. The van der Waals surface area contributed by atoms with Crippen LogP contribution in [0.3, 0.4) is 0 Å². The molecule has 7 rings (SSSR count). The monoisotopic (exact) mass is 505 g/mol. The molecule has 0 radical (unpaired) electrons. The average Bonchev–Trinajstić information content (AvgIpc) is 3.09. The molecule has 0 atom stereocenters. The van der Waals surface area contributed by atoms with Gasteiger partial charge in [0, 0.05) is 49.2 Å². The number of aliphatic hydroxyl groups is 1. The first-order valence-electron chi connectivity index (χ1n) is 12.7. The summed E-state index contributed by atoms with van der Waals surface area (Å²) in [7, 11) is 0. The predicted octanol–water partition coefficient (Wildman–Crippen LogP) is 2.95. The second-order valence-electron chi connectivity index (χ2n) is 12.3. The number of alkyl halides is 3. The van der Waals surface area contributed by atoms with Crippen LogP contribution in [0.15, 0.2) is 12.4 Å². The van der Waals surface area contributed by atoms with Gasteiger partial charge in [-0.15, -0.1) is 0 Å². The van der Waals surface area contributed by atoms with E-state index >= 15 is 0 Å². The molecule has 2 amide bonds. The van der Waals surface area contributed by atoms with Gasteiger partial charge in [-0.1, -0.05) is 0 Å². The molecule has 5 fully saturated rings. The van der Waals surface area contributed by atoms with E-state index in [4.69, 9.17) is 0 Å². The van der Waals surface area contributed by atoms with Crippen LogP contribution in [0.4, 0.5) is 18.0 Å². The summed E-state index contributed by atoms with van der Waals surface area (Å²) in [6.07, 6.45) is 2.58. The van der Waals surface area contributed by atoms with Crippen molar-refractivity contribution in [3.05, 3.63) is 29.6 Å². The minimum Gasteiger partial charge on any atom is -0.382 e. The predicted molar refractivity (Wildman–Crippen MR) is 120 cm³/mol. The van der Waals surface area contributed by atoms with Gasteiger partial charge in [0.2, 0.25) is 0 Å². The first-order chi connectivity index (χ1) is 16.9. The topological polar surface area (TPSA) is 92.3 Å². The molecule has 5 aliphatic rings. The molecule has 0 aromatic carbocycles. The van der Waals surface area contributed by atoms with Gasteiger partial charge >= 0.3 is 12.2 Å². The normalized spacial score (nSPS) is 25.9. The number of carbonyl (C=O) groups is 1. The van der Waals surface area contributed by atoms with E-state index in [-0.39, 0.29) is 22.9 Å². The van der Waals surface area contributed by atoms with Crippen molar-refractivity contribution < 1.29 is 23.1 Å². The maximum Gasteiger partial charge on any atom is 0.435 e. The van der Waals surface area contributed by atoms with Gasteiger partial charge in [0.05, 0.1) is 6.04 Å². The lowest BCUT2D eigenvalue weighted by Crippen LogP contribution is -2.71. The van der Waals surface area contributed by atoms with Crippen molar-refractivity contribution in [2.75, 3.05) is 26.2 Å². The Morgan fingerprint density at radius 3 is 2.22 bits per heavy atom. The Labute approximate surface area is 206 Å². The van der Waals surface area contributed by atoms with E-state index in [9.17, 15) is 23.1 Å². The van der Waals surface area contributed by atoms with E-state index in [1.165, 1.54) is 4.68 Å². The van der Waals surface area contributed by atoms with Gasteiger partial charge in [0.25, 0.3) is 0 Å². The molecule has 3 saturated carbocycles. The summed E-state index contributed by atoms with van der Waals surface area (Å²) in [5.74, 6) is 0.837. The van der Waals surface area contributed by atoms with Crippen molar-refractivity contribution in [1.82, 2.24) is 34.3 Å². The molecule has 0 unspecified atom stereocenters. The zero-order valence-electron chi connectivity index (χ0n) is 20.2. The van der Waals surface area contributed by atoms with Crippen LogP contribution >= 0.6 is 0 Å². The van der Waals surface area contributed by atoms with Crippen molar-refractivity contribution in [3.8, 4) is 0 Å². The van der Waals surface area contributed by atoms with Gasteiger partial charge in [0.1, 0.15) is 11.9 Å². The highest BCUT2D eigenvalue weighted by Crippen LogP contribution is 2.56. The highest BCUT2D eigenvalue weighted by molar-refractivity contribution is 5.77. The zero-order chi connectivity index (χ0) is 25.1. The molecule has 3 aliphatic carbocycles. The smallest absolute Gasteiger partial charge is 0.382 e. The number of urea groups is 1. The van der Waals surface area contributed by atoms with Crippen LogP contribution in [0.25, 0.3) is 0 Å². The van der Waals surface area contributed by atoms with Gasteiger partial charge in [-0.3, -0.25) is 4.68 Å². The van der Waals surface area contributed by atoms with Crippen molar-refractivity contribution in [3.63, 3.8) is 0 Å². The van der Waals surface area contributed by atoms with E-state index in [0.29, 0.717) is 24.0 Å². The summed E-state index contributed by atoms with van der Waals surface area (Å²) in [4.78, 5) is 21.1. The summed E-state index contributed by atoms with van der Waals surface area (Å²) in [6.45, 7) is 5.20. The Kier molecular flexibility index (Phi) is 4.40. The number of aromatic nitrogens is 5. The van der Waals surface area contributed by atoms with Crippen molar-refractivity contribution in [1.29, 1.82) is 0 Å². The molecular weight excluding hydrogens is 475 g/mol. The van der Waals surface area contributed by atoms with E-state index in [1.807, 2.05) is 14.5 Å². The van der Waals surface area contributed by atoms with Crippen molar-refractivity contribution >= 4 is 6.03 Å². The maximum atomic E-state index is 12.9. The molecule has 9 nitrogen and oxygen atoms in total. The second kappa shape index (κ2) is 7.02. The van der Waals surface area contributed by atoms with E-state index < -0.39 is 17.5 Å². The minimum atomic E-state index is -4.42. The van der Waals surface area contributed by atoms with Gasteiger partial charge in [-0.05, 0) is 57.4 Å². The van der Waals surface area contributed by atoms with Crippen LogP contribution in [0, 0.1) is 23.7 Å². The van der Waals surface area contributed by atoms with Crippen LogP contribution in [-0.4, -0.2) is 71.7 Å². The summed E-state index contributed by atoms with van der Waals surface area (Å²) >= 11 is 0. The van der Waals surface area contributed by atoms with Crippen LogP contribution < -0.4 is 0 Å². The maximum absolute atomic E-state index is 12.9. The lowest BCUT2D eigenvalue weighted by atomic mass is 9.57. The standard InChI is InChI=1S/C24H30F3N7O2/c1-15-4-18(24(25,26)27)29-33(15)9-16-5-21(6-16)10-31(11-21)20(35)32-12-22(13-32)7-17(8-22)34-14-28-19(30-34)23(36)2-3-23/h4,14,16-17,36H,2-3,5-13H2,1H3. The molecule has 36 heavy (non-hydrogen) atoms. The van der Waals surface area contributed by atoms with Gasteiger partial charge in [-0.25, -0.2) is 14.5 Å². The van der Waals surface area contributed by atoms with E-state index in [0.717, 1.165) is 70.8 Å². The fourth-order valence-electron chi connectivity index (χ4n) is 7.02. The lowest BCUT2D eigenvalue weighted by molar-refractivity contribution is -0.141. The first kappa shape index (κ1) is 22.6. The van der Waals surface area contributed by atoms with Crippen LogP contribution in [-0.2, 0) is 18.3 Å². The molecule has 194 valence electrons. The lowest BCUT2D eigenvalue weighted by Gasteiger charge is -2.63. The number of rotatable bonds is 4. The number of aryl methyl sites for hydroxylation is 1. The number of carbonyl (C=O) groups excluding carboxylic acids is 1. The molecule has 2 aromatic heterocycles. The largest absolute Gasteiger partial charge is 0.435 e. The van der Waals surface area contributed by atoms with Crippen LogP contribution in [0.5, 0.6) is 0 Å². The molecule has 2 aliphatic heterocycles. The van der Waals surface area contributed by atoms with Gasteiger partial charge < -0.3 is 14.9 Å². The number of hydrogen-bond donors (Lipinski definition) is 1. The SMILES string of the molecule is Cc1cc(C(F)(F)F)nn1CC1CC2(C1)CN(C(=O)N1CC3(CC(n4cnc(C5(O)CC5)n4)C3)C1)C2. The van der Waals surface area contributed by atoms with Crippen LogP contribution in [0.1, 0.15) is 61.8 Å². The quantitative estimate of drug-likeness (QED) is 0.690. The molecular formula is C24H30F3N7O2. The van der Waals surface area contributed by atoms with Crippen LogP contribution in [0.2, 0.25) is 0 Å². The Bertz CT molecular complexity index is 1200. The highest BCUT2D eigenvalue weighted by atomic mass is 19.4. The third-order valence-electron chi connectivity index (χ3n) is 9.15. The number of halogens is 3. The number of likely N-dealkylation sites (tertiary alicyclic amines) is 2. The number of nitrogens with zero attached hydrogens (tertiary/aromatic N) is 7.